The molecule has 0 spiro atoms. The lowest BCUT2D eigenvalue weighted by Gasteiger charge is -2.17. The number of pyridine rings is 2. The van der Waals surface area contributed by atoms with Crippen molar-refractivity contribution < 1.29 is 19.4 Å². The average molecular weight is 497 g/mol. The van der Waals surface area contributed by atoms with E-state index in [1.54, 1.807) is 31.6 Å². The summed E-state index contributed by atoms with van der Waals surface area (Å²) in [7, 11) is 5.71. The van der Waals surface area contributed by atoms with E-state index >= 15 is 0 Å². The molecule has 0 radical (unpaired) electrons. The molecule has 3 aromatic heterocycles. The Morgan fingerprint density at radius 1 is 1.17 bits per heavy atom. The molecule has 0 unspecified atom stereocenters. The summed E-state index contributed by atoms with van der Waals surface area (Å²) in [5.74, 6) is 0.110. The van der Waals surface area contributed by atoms with E-state index in [0.29, 0.717) is 40.2 Å². The molecule has 0 saturated heterocycles. The van der Waals surface area contributed by atoms with Crippen LogP contribution in [0.15, 0.2) is 55.0 Å². The molecule has 0 bridgehead atoms. The fraction of sp³-hybridized carbons (Fsp3) is 0.269. The Labute approximate surface area is 210 Å². The Hall–Kier alpha value is -3.62. The molecule has 0 fully saturated rings. The summed E-state index contributed by atoms with van der Waals surface area (Å²) >= 11 is 0. The fourth-order valence-electron chi connectivity index (χ4n) is 4.09. The molecule has 1 aromatic carbocycles. The van der Waals surface area contributed by atoms with Crippen molar-refractivity contribution in [2.45, 2.75) is 20.1 Å². The second-order valence-corrected chi connectivity index (χ2v) is 8.18. The number of ether oxygens (including phenoxy) is 2. The molecule has 184 valence electrons. The first-order valence-electron chi connectivity index (χ1n) is 11.0. The summed E-state index contributed by atoms with van der Waals surface area (Å²) in [5, 5.41) is 12.0. The van der Waals surface area contributed by atoms with Gasteiger partial charge in [0.2, 0.25) is 5.88 Å². The van der Waals surface area contributed by atoms with E-state index in [1.807, 2.05) is 60.9 Å². The van der Waals surface area contributed by atoms with Gasteiger partial charge in [-0.15, -0.1) is 12.4 Å². The van der Waals surface area contributed by atoms with Crippen LogP contribution in [-0.4, -0.2) is 51.2 Å². The van der Waals surface area contributed by atoms with Gasteiger partial charge in [0.1, 0.15) is 12.4 Å². The number of fused-ring (bicyclic) bond motifs is 1. The van der Waals surface area contributed by atoms with Crippen molar-refractivity contribution in [3.63, 3.8) is 0 Å². The highest BCUT2D eigenvalue weighted by Crippen LogP contribution is 2.41. The third-order valence-electron chi connectivity index (χ3n) is 5.61. The Kier molecular flexibility index (Phi) is 8.32. The summed E-state index contributed by atoms with van der Waals surface area (Å²) in [5.41, 5.74) is 3.89. The van der Waals surface area contributed by atoms with Gasteiger partial charge >= 0.3 is 5.97 Å². The molecule has 9 heteroatoms. The number of aromatic hydroxyl groups is 1. The van der Waals surface area contributed by atoms with Crippen molar-refractivity contribution >= 4 is 29.3 Å². The van der Waals surface area contributed by atoms with E-state index in [0.717, 1.165) is 11.1 Å². The molecule has 0 saturated carbocycles. The molecular formula is C26H29ClN4O4. The van der Waals surface area contributed by atoms with Gasteiger partial charge in [-0.2, -0.15) is 0 Å². The van der Waals surface area contributed by atoms with Gasteiger partial charge in [0.05, 0.1) is 23.4 Å². The zero-order chi connectivity index (χ0) is 24.2. The topological polar surface area (TPSA) is 89.7 Å². The third kappa shape index (κ3) is 5.23. The number of aryl methyl sites for hydroxylation is 1. The minimum absolute atomic E-state index is 0. The summed E-state index contributed by atoms with van der Waals surface area (Å²) < 4.78 is 13.3. The SMILES string of the molecule is CCOC(=O)c1c(COc2ccccn2)n(C)c2cc(-c3cccnc3)c(O)c(CN(C)C)c12.Cl. The molecule has 35 heavy (non-hydrogen) atoms. The molecule has 4 rings (SSSR count). The lowest BCUT2D eigenvalue weighted by molar-refractivity contribution is 0.0525. The average Bonchev–Trinajstić information content (AvgIpc) is 3.12. The van der Waals surface area contributed by atoms with Gasteiger partial charge in [-0.25, -0.2) is 9.78 Å². The second kappa shape index (κ2) is 11.2. The molecule has 8 nitrogen and oxygen atoms in total. The molecule has 4 aromatic rings. The summed E-state index contributed by atoms with van der Waals surface area (Å²) in [6.07, 6.45) is 5.05. The van der Waals surface area contributed by atoms with E-state index in [-0.39, 0.29) is 31.4 Å². The van der Waals surface area contributed by atoms with Crippen molar-refractivity contribution in [3.05, 3.63) is 71.8 Å². The van der Waals surface area contributed by atoms with Crippen LogP contribution in [0.3, 0.4) is 0 Å². The first kappa shape index (κ1) is 26.0. The predicted molar refractivity (Wildman–Crippen MR) is 137 cm³/mol. The zero-order valence-electron chi connectivity index (χ0n) is 20.2. The largest absolute Gasteiger partial charge is 0.507 e. The Morgan fingerprint density at radius 2 is 1.97 bits per heavy atom. The molecule has 3 heterocycles. The summed E-state index contributed by atoms with van der Waals surface area (Å²) in [6, 6.07) is 11.0. The number of halogens is 1. The number of hydrogen-bond donors (Lipinski definition) is 1. The number of nitrogens with zero attached hydrogens (tertiary/aromatic N) is 4. The first-order valence-corrected chi connectivity index (χ1v) is 11.0. The van der Waals surface area contributed by atoms with Crippen LogP contribution < -0.4 is 4.74 Å². The van der Waals surface area contributed by atoms with Gasteiger partial charge in [0, 0.05) is 60.3 Å². The first-order chi connectivity index (χ1) is 16.4. The molecular weight excluding hydrogens is 468 g/mol. The van der Waals surface area contributed by atoms with Crippen molar-refractivity contribution in [1.29, 1.82) is 0 Å². The highest BCUT2D eigenvalue weighted by Gasteiger charge is 2.28. The van der Waals surface area contributed by atoms with Crippen molar-refractivity contribution in [2.24, 2.45) is 7.05 Å². The third-order valence-corrected chi connectivity index (χ3v) is 5.61. The highest BCUT2D eigenvalue weighted by molar-refractivity contribution is 6.09. The molecule has 0 atom stereocenters. The number of carbonyl (C=O) groups excluding carboxylic acids is 1. The van der Waals surface area contributed by atoms with Crippen LogP contribution in [0.4, 0.5) is 0 Å². The quantitative estimate of drug-likeness (QED) is 0.357. The monoisotopic (exact) mass is 496 g/mol. The van der Waals surface area contributed by atoms with Gasteiger partial charge in [0.25, 0.3) is 0 Å². The van der Waals surface area contributed by atoms with Crippen LogP contribution in [0, 0.1) is 0 Å². The number of carbonyl (C=O) groups is 1. The van der Waals surface area contributed by atoms with Crippen LogP contribution in [0.2, 0.25) is 0 Å². The fourth-order valence-corrected chi connectivity index (χ4v) is 4.09. The van der Waals surface area contributed by atoms with Gasteiger partial charge in [-0.3, -0.25) is 4.98 Å². The maximum atomic E-state index is 13.2. The normalized spacial score (nSPS) is 10.9. The van der Waals surface area contributed by atoms with Gasteiger partial charge in [-0.05, 0) is 39.2 Å². The van der Waals surface area contributed by atoms with Crippen LogP contribution in [0.25, 0.3) is 22.0 Å². The Balaban J connectivity index is 0.00000342. The number of phenolic OH excluding ortho intramolecular Hbond substituents is 1. The molecule has 0 aliphatic rings. The molecule has 0 amide bonds. The van der Waals surface area contributed by atoms with Gasteiger partial charge in [-0.1, -0.05) is 12.1 Å². The number of benzene rings is 1. The number of hydrogen-bond acceptors (Lipinski definition) is 7. The Morgan fingerprint density at radius 3 is 2.60 bits per heavy atom. The van der Waals surface area contributed by atoms with Crippen LogP contribution in [0.1, 0.15) is 28.5 Å². The maximum absolute atomic E-state index is 13.2. The Bertz CT molecular complexity index is 1310. The van der Waals surface area contributed by atoms with E-state index in [2.05, 4.69) is 9.97 Å². The minimum atomic E-state index is -0.457. The van der Waals surface area contributed by atoms with Gasteiger partial charge in [0.15, 0.2) is 0 Å². The number of aromatic nitrogens is 3. The van der Waals surface area contributed by atoms with E-state index < -0.39 is 5.97 Å². The van der Waals surface area contributed by atoms with Crippen LogP contribution in [-0.2, 0) is 24.9 Å². The smallest absolute Gasteiger partial charge is 0.340 e. The molecule has 0 aliphatic carbocycles. The zero-order valence-corrected chi connectivity index (χ0v) is 21.0. The standard InChI is InChI=1S/C26H28N4O4.ClH/c1-5-33-26(32)24-21(16-34-22-10-6-7-12-28-22)30(4)20-13-18(17-9-8-11-27-14-17)25(31)19(23(20)24)15-29(2)3;/h6-14,31H,5,15-16H2,1-4H3;1H. The van der Waals surface area contributed by atoms with Crippen molar-refractivity contribution in [3.8, 4) is 22.8 Å². The van der Waals surface area contributed by atoms with Gasteiger partial charge < -0.3 is 24.0 Å². The van der Waals surface area contributed by atoms with Crippen molar-refractivity contribution in [2.75, 3.05) is 20.7 Å². The number of phenols is 1. The highest BCUT2D eigenvalue weighted by atomic mass is 35.5. The lowest BCUT2D eigenvalue weighted by atomic mass is 9.96. The van der Waals surface area contributed by atoms with E-state index in [1.165, 1.54) is 0 Å². The summed E-state index contributed by atoms with van der Waals surface area (Å²) in [4.78, 5) is 23.6. The van der Waals surface area contributed by atoms with E-state index in [4.69, 9.17) is 9.47 Å². The molecule has 0 aliphatic heterocycles. The van der Waals surface area contributed by atoms with E-state index in [9.17, 15) is 9.90 Å². The maximum Gasteiger partial charge on any atom is 0.340 e. The second-order valence-electron chi connectivity index (χ2n) is 8.18. The van der Waals surface area contributed by atoms with Crippen LogP contribution in [0.5, 0.6) is 11.6 Å². The van der Waals surface area contributed by atoms with Crippen LogP contribution >= 0.6 is 12.4 Å². The van der Waals surface area contributed by atoms with Crippen molar-refractivity contribution in [1.82, 2.24) is 19.4 Å². The minimum Gasteiger partial charge on any atom is -0.507 e. The predicted octanol–water partition coefficient (Wildman–Crippen LogP) is 4.58. The number of rotatable bonds is 8. The number of esters is 1. The lowest BCUT2D eigenvalue weighted by Crippen LogP contribution is -2.14. The summed E-state index contributed by atoms with van der Waals surface area (Å²) in [6.45, 7) is 2.54. The molecule has 1 N–H and O–H groups in total.